The molecule has 1 nitrogen and oxygen atoms in total. The first-order valence-electron chi connectivity index (χ1n) is 6.28. The third-order valence-electron chi connectivity index (χ3n) is 2.76. The predicted molar refractivity (Wildman–Crippen MR) is 66.5 cm³/mol. The fraction of sp³-hybridized carbons (Fsp3) is 0.917. The monoisotopic (exact) mass is 306 g/mol. The number of hydrogen-bond acceptors (Lipinski definition) is 1. The van der Waals surface area contributed by atoms with Gasteiger partial charge in [-0.15, -0.1) is 0 Å². The molecule has 2 heteroatoms. The quantitative estimate of drug-likeness (QED) is 0.593. The molecule has 0 saturated carbocycles. The van der Waals surface area contributed by atoms with E-state index < -0.39 is 19.8 Å². The molecule has 0 spiro atoms. The topological polar surface area (TPSA) is 17.1 Å². The molecule has 0 aromatic carbocycles. The first-order valence-corrected chi connectivity index (χ1v) is 12.6. The van der Waals surface area contributed by atoms with Crippen molar-refractivity contribution in [1.82, 2.24) is 0 Å². The van der Waals surface area contributed by atoms with Crippen LogP contribution in [0.2, 0.25) is 8.87 Å². The molecule has 0 N–H and O–H groups in total. The molecular weight excluding hydrogens is 279 g/mol. The van der Waals surface area contributed by atoms with E-state index in [0.29, 0.717) is 0 Å². The summed E-state index contributed by atoms with van der Waals surface area (Å²) < 4.78 is 3.38. The van der Waals surface area contributed by atoms with Crippen molar-refractivity contribution >= 4 is 23.6 Å². The molecule has 0 bridgehead atoms. The summed E-state index contributed by atoms with van der Waals surface area (Å²) in [6, 6.07) is 0. The second kappa shape index (κ2) is 10.0. The molecule has 0 saturated heterocycles. The normalized spacial score (nSPS) is 10.9. The fourth-order valence-corrected chi connectivity index (χ4v) is 11.6. The Morgan fingerprint density at radius 2 is 1.43 bits per heavy atom. The second-order valence-corrected chi connectivity index (χ2v) is 13.3. The van der Waals surface area contributed by atoms with E-state index in [1.807, 2.05) is 0 Å². The van der Waals surface area contributed by atoms with E-state index in [-0.39, 0.29) is 0 Å². The van der Waals surface area contributed by atoms with E-state index >= 15 is 0 Å². The zero-order valence-corrected chi connectivity index (χ0v) is 13.4. The third kappa shape index (κ3) is 6.85. The van der Waals surface area contributed by atoms with Crippen LogP contribution in [0.15, 0.2) is 0 Å². The Hall–Kier alpha value is 0.469. The molecule has 0 rings (SSSR count). The molecule has 0 heterocycles. The van der Waals surface area contributed by atoms with Crippen LogP contribution in [-0.4, -0.2) is 23.6 Å². The molecule has 0 aliphatic carbocycles. The van der Waals surface area contributed by atoms with Crippen molar-refractivity contribution in [2.45, 2.75) is 68.2 Å². The Morgan fingerprint density at radius 3 is 1.79 bits per heavy atom. The van der Waals surface area contributed by atoms with Gasteiger partial charge in [-0.1, -0.05) is 0 Å². The van der Waals surface area contributed by atoms with Crippen LogP contribution in [0, 0.1) is 0 Å². The van der Waals surface area contributed by atoms with Gasteiger partial charge >= 0.3 is 96.5 Å². The number of rotatable bonds is 9. The number of carbonyl (C=O) groups is 1. The first kappa shape index (κ1) is 14.5. The minimum atomic E-state index is -1.73. The summed E-state index contributed by atoms with van der Waals surface area (Å²) in [5.74, 6) is 0. The van der Waals surface area contributed by atoms with Gasteiger partial charge in [0.2, 0.25) is 0 Å². The molecule has 0 aromatic rings. The average Bonchev–Trinajstić information content (AvgIpc) is 2.18. The summed E-state index contributed by atoms with van der Waals surface area (Å²) in [6.07, 6.45) is 7.08. The maximum atomic E-state index is 11.8. The van der Waals surface area contributed by atoms with Gasteiger partial charge in [-0.3, -0.25) is 0 Å². The zero-order chi connectivity index (χ0) is 10.8. The van der Waals surface area contributed by atoms with E-state index in [1.54, 1.807) is 0 Å². The van der Waals surface area contributed by atoms with Crippen LogP contribution in [-0.2, 0) is 4.79 Å². The Bertz CT molecular complexity index is 137. The number of unbranched alkanes of at least 4 members (excludes halogenated alkanes) is 2. The molecule has 14 heavy (non-hydrogen) atoms. The summed E-state index contributed by atoms with van der Waals surface area (Å²) in [6.45, 7) is 6.58. The maximum absolute atomic E-state index is 11.8. The summed E-state index contributed by atoms with van der Waals surface area (Å²) >= 11 is -1.73. The summed E-state index contributed by atoms with van der Waals surface area (Å²) in [7, 11) is 0. The van der Waals surface area contributed by atoms with Crippen LogP contribution < -0.4 is 0 Å². The van der Waals surface area contributed by atoms with Crippen molar-refractivity contribution in [2.24, 2.45) is 0 Å². The molecule has 0 aromatic heterocycles. The van der Waals surface area contributed by atoms with Gasteiger partial charge in [0.15, 0.2) is 0 Å². The van der Waals surface area contributed by atoms with Crippen LogP contribution in [0.5, 0.6) is 0 Å². The molecule has 0 aliphatic heterocycles. The predicted octanol–water partition coefficient (Wildman–Crippen LogP) is 3.72. The summed E-state index contributed by atoms with van der Waals surface area (Å²) in [5, 5.41) is 0. The molecule has 0 atom stereocenters. The van der Waals surface area contributed by atoms with Crippen molar-refractivity contribution in [3.63, 3.8) is 0 Å². The van der Waals surface area contributed by atoms with Gasteiger partial charge < -0.3 is 0 Å². The Balaban J connectivity index is 3.88. The number of carbonyl (C=O) groups excluding carboxylic acids is 1. The van der Waals surface area contributed by atoms with Gasteiger partial charge in [-0.2, -0.15) is 0 Å². The van der Waals surface area contributed by atoms with Crippen molar-refractivity contribution in [2.75, 3.05) is 0 Å². The van der Waals surface area contributed by atoms with E-state index in [2.05, 4.69) is 20.8 Å². The average molecular weight is 305 g/mol. The van der Waals surface area contributed by atoms with Crippen LogP contribution in [0.4, 0.5) is 0 Å². The van der Waals surface area contributed by atoms with Gasteiger partial charge in [0.05, 0.1) is 0 Å². The van der Waals surface area contributed by atoms with Crippen molar-refractivity contribution in [3.8, 4) is 0 Å². The summed E-state index contributed by atoms with van der Waals surface area (Å²) in [4.78, 5) is 11.8. The first-order chi connectivity index (χ1) is 6.76. The fourth-order valence-electron chi connectivity index (χ4n) is 1.82. The standard InChI is InChI=1S/C4H7O.2C4H9.Sn.H/c1-2-3-4-5;2*1-3-4-2;;/h2-3H2,1H3;2*1,3-4H2,2H3;;. The second-order valence-electron chi connectivity index (χ2n) is 4.20. The molecule has 0 fully saturated rings. The van der Waals surface area contributed by atoms with Crippen LogP contribution in [0.1, 0.15) is 59.3 Å². The van der Waals surface area contributed by atoms with E-state index in [4.69, 9.17) is 0 Å². The van der Waals surface area contributed by atoms with Gasteiger partial charge in [0, 0.05) is 0 Å². The van der Waals surface area contributed by atoms with Gasteiger partial charge in [-0.25, -0.2) is 0 Å². The van der Waals surface area contributed by atoms with Crippen molar-refractivity contribution in [3.05, 3.63) is 0 Å². The summed E-state index contributed by atoms with van der Waals surface area (Å²) in [5.41, 5.74) is 0. The SMILES string of the molecule is CCC[CH2][SnH]([CH2]CCC)[C](=O)CCC. The Labute approximate surface area is 96.4 Å². The van der Waals surface area contributed by atoms with Crippen LogP contribution in [0.25, 0.3) is 0 Å². The molecule has 0 radical (unpaired) electrons. The minimum absolute atomic E-state index is 0.719. The van der Waals surface area contributed by atoms with E-state index in [0.717, 1.165) is 16.6 Å². The Kier molecular flexibility index (Phi) is 10.3. The van der Waals surface area contributed by atoms with Crippen molar-refractivity contribution < 1.29 is 4.79 Å². The van der Waals surface area contributed by atoms with Crippen LogP contribution >= 0.6 is 0 Å². The Morgan fingerprint density at radius 1 is 0.929 bits per heavy atom. The molecule has 84 valence electrons. The number of hydrogen-bond donors (Lipinski definition) is 0. The van der Waals surface area contributed by atoms with Gasteiger partial charge in [0.1, 0.15) is 0 Å². The molecular formula is C12H26OSn. The van der Waals surface area contributed by atoms with E-state index in [9.17, 15) is 4.79 Å². The van der Waals surface area contributed by atoms with Gasteiger partial charge in [-0.05, 0) is 0 Å². The van der Waals surface area contributed by atoms with E-state index in [1.165, 1.54) is 34.6 Å². The molecule has 0 unspecified atom stereocenters. The van der Waals surface area contributed by atoms with Crippen molar-refractivity contribution in [1.29, 1.82) is 0 Å². The van der Waals surface area contributed by atoms with Crippen LogP contribution in [0.3, 0.4) is 0 Å². The molecule has 0 amide bonds. The van der Waals surface area contributed by atoms with Gasteiger partial charge in [0.25, 0.3) is 0 Å². The molecule has 0 aliphatic rings. The third-order valence-corrected chi connectivity index (χ3v) is 12.5. The zero-order valence-electron chi connectivity index (χ0n) is 10.1.